The van der Waals surface area contributed by atoms with E-state index in [2.05, 4.69) is 0 Å². The van der Waals surface area contributed by atoms with Crippen LogP contribution in [0, 0.1) is 5.92 Å². The van der Waals surface area contributed by atoms with Gasteiger partial charge in [0.15, 0.2) is 0 Å². The summed E-state index contributed by atoms with van der Waals surface area (Å²) in [5, 5.41) is 18.4. The molecule has 0 spiro atoms. The predicted molar refractivity (Wildman–Crippen MR) is 51.4 cm³/mol. The predicted octanol–water partition coefficient (Wildman–Crippen LogP) is -0.657. The number of nitrogens with zero attached hydrogens (tertiary/aromatic N) is 1. The molecule has 78 valence electrons. The lowest BCUT2D eigenvalue weighted by molar-refractivity contribution is 0.104. The molecule has 0 bridgehead atoms. The summed E-state index contributed by atoms with van der Waals surface area (Å²) in [4.78, 5) is 0. The Bertz CT molecular complexity index is 198. The van der Waals surface area contributed by atoms with E-state index in [-0.39, 0.29) is 17.8 Å². The molecule has 2 N–H and O–H groups in total. The van der Waals surface area contributed by atoms with Gasteiger partial charge in [-0.25, -0.2) is 8.51 Å². The van der Waals surface area contributed by atoms with E-state index in [1.807, 2.05) is 13.8 Å². The Balaban J connectivity index is 2.53. The van der Waals surface area contributed by atoms with Gasteiger partial charge >= 0.3 is 0 Å². The first-order valence-electron chi connectivity index (χ1n) is 4.50. The van der Waals surface area contributed by atoms with Crippen molar-refractivity contribution in [2.24, 2.45) is 5.92 Å². The first-order chi connectivity index (χ1) is 6.06. The number of aliphatic hydroxyl groups excluding tert-OH is 2. The Morgan fingerprint density at radius 3 is 2.54 bits per heavy atom. The van der Waals surface area contributed by atoms with Crippen LogP contribution in [-0.2, 0) is 11.0 Å². The molecule has 0 aromatic heterocycles. The first-order valence-corrected chi connectivity index (χ1v) is 5.67. The van der Waals surface area contributed by atoms with Gasteiger partial charge in [0.05, 0.1) is 17.1 Å². The maximum absolute atomic E-state index is 11.6. The van der Waals surface area contributed by atoms with Gasteiger partial charge in [0, 0.05) is 30.9 Å². The van der Waals surface area contributed by atoms with Crippen molar-refractivity contribution >= 4 is 11.0 Å². The van der Waals surface area contributed by atoms with Gasteiger partial charge in [0.2, 0.25) is 0 Å². The summed E-state index contributed by atoms with van der Waals surface area (Å²) in [6, 6.07) is 0. The fourth-order valence-electron chi connectivity index (χ4n) is 1.44. The summed E-state index contributed by atoms with van der Waals surface area (Å²) in [7, 11) is -1.03. The minimum Gasteiger partial charge on any atom is -0.396 e. The molecule has 13 heavy (non-hydrogen) atoms. The van der Waals surface area contributed by atoms with Gasteiger partial charge in [-0.15, -0.1) is 0 Å². The quantitative estimate of drug-likeness (QED) is 0.646. The van der Waals surface area contributed by atoms with Crippen molar-refractivity contribution in [2.75, 3.05) is 19.7 Å². The molecule has 1 aliphatic heterocycles. The SMILES string of the molecule is CC(C)S(=O)N1CC(O)C(CO)C1. The van der Waals surface area contributed by atoms with Crippen LogP contribution in [0.2, 0.25) is 0 Å². The largest absolute Gasteiger partial charge is 0.396 e. The fourth-order valence-corrected chi connectivity index (χ4v) is 2.67. The second-order valence-corrected chi connectivity index (χ2v) is 5.69. The average molecular weight is 207 g/mol. The summed E-state index contributed by atoms with van der Waals surface area (Å²) < 4.78 is 13.3. The summed E-state index contributed by atoms with van der Waals surface area (Å²) in [6.07, 6.45) is -0.535. The van der Waals surface area contributed by atoms with E-state index < -0.39 is 17.1 Å². The summed E-state index contributed by atoms with van der Waals surface area (Å²) in [6.45, 7) is 4.68. The van der Waals surface area contributed by atoms with Gasteiger partial charge in [0.1, 0.15) is 0 Å². The molecule has 0 radical (unpaired) electrons. The Hall–Kier alpha value is 0.0300. The molecule has 1 fully saturated rings. The molecule has 0 amide bonds. The van der Waals surface area contributed by atoms with E-state index in [1.54, 1.807) is 4.31 Å². The van der Waals surface area contributed by atoms with Crippen molar-refractivity contribution < 1.29 is 14.4 Å². The van der Waals surface area contributed by atoms with Crippen LogP contribution in [0.3, 0.4) is 0 Å². The Morgan fingerprint density at radius 2 is 2.15 bits per heavy atom. The monoisotopic (exact) mass is 207 g/mol. The lowest BCUT2D eigenvalue weighted by atomic mass is 10.1. The van der Waals surface area contributed by atoms with Gasteiger partial charge in [0.25, 0.3) is 0 Å². The standard InChI is InChI=1S/C8H17NO3S/c1-6(2)13(12)9-3-7(5-10)8(11)4-9/h6-8,10-11H,3-5H2,1-2H3. The zero-order valence-corrected chi connectivity index (χ0v) is 8.83. The van der Waals surface area contributed by atoms with E-state index in [0.717, 1.165) is 0 Å². The Morgan fingerprint density at radius 1 is 1.54 bits per heavy atom. The van der Waals surface area contributed by atoms with Gasteiger partial charge in [-0.1, -0.05) is 0 Å². The number of hydrogen-bond acceptors (Lipinski definition) is 3. The third-order valence-electron chi connectivity index (χ3n) is 2.27. The van der Waals surface area contributed by atoms with Crippen LogP contribution in [-0.4, -0.2) is 49.8 Å². The number of aliphatic hydroxyl groups is 2. The number of hydrogen-bond donors (Lipinski definition) is 2. The highest BCUT2D eigenvalue weighted by atomic mass is 32.2. The lowest BCUT2D eigenvalue weighted by Gasteiger charge is -2.16. The number of rotatable bonds is 3. The highest BCUT2D eigenvalue weighted by Gasteiger charge is 2.34. The molecule has 4 nitrogen and oxygen atoms in total. The molecule has 0 aromatic carbocycles. The van der Waals surface area contributed by atoms with Gasteiger partial charge in [-0.3, -0.25) is 0 Å². The van der Waals surface area contributed by atoms with Crippen LogP contribution >= 0.6 is 0 Å². The smallest absolute Gasteiger partial charge is 0.0969 e. The molecule has 1 saturated heterocycles. The Kier molecular flexibility index (Phi) is 3.85. The molecular weight excluding hydrogens is 190 g/mol. The molecule has 3 atom stereocenters. The van der Waals surface area contributed by atoms with Gasteiger partial charge in [-0.05, 0) is 13.8 Å². The molecule has 0 saturated carbocycles. The summed E-state index contributed by atoms with van der Waals surface area (Å²) in [5.74, 6) is -0.136. The van der Waals surface area contributed by atoms with Gasteiger partial charge < -0.3 is 10.2 Å². The van der Waals surface area contributed by atoms with Crippen LogP contribution in [0.15, 0.2) is 0 Å². The topological polar surface area (TPSA) is 60.8 Å². The van der Waals surface area contributed by atoms with Crippen LogP contribution in [0.1, 0.15) is 13.8 Å². The van der Waals surface area contributed by atoms with E-state index in [4.69, 9.17) is 5.11 Å². The normalized spacial score (nSPS) is 32.7. The molecule has 1 heterocycles. The van der Waals surface area contributed by atoms with Crippen LogP contribution in [0.25, 0.3) is 0 Å². The third-order valence-corrected chi connectivity index (χ3v) is 3.88. The fraction of sp³-hybridized carbons (Fsp3) is 1.00. The molecule has 0 aliphatic carbocycles. The van der Waals surface area contributed by atoms with Crippen molar-refractivity contribution in [3.05, 3.63) is 0 Å². The van der Waals surface area contributed by atoms with E-state index >= 15 is 0 Å². The molecule has 1 aliphatic rings. The van der Waals surface area contributed by atoms with Crippen molar-refractivity contribution in [3.8, 4) is 0 Å². The van der Waals surface area contributed by atoms with Crippen LogP contribution in [0.4, 0.5) is 0 Å². The third kappa shape index (κ3) is 2.49. The number of β-amino-alcohol motifs (C(OH)–C–C–N with tert-alkyl or cyclic N) is 1. The summed E-state index contributed by atoms with van der Waals surface area (Å²) >= 11 is 0. The van der Waals surface area contributed by atoms with Crippen molar-refractivity contribution in [1.82, 2.24) is 4.31 Å². The van der Waals surface area contributed by atoms with Crippen LogP contribution in [0.5, 0.6) is 0 Å². The minimum atomic E-state index is -1.03. The van der Waals surface area contributed by atoms with Crippen molar-refractivity contribution in [1.29, 1.82) is 0 Å². The van der Waals surface area contributed by atoms with E-state index in [0.29, 0.717) is 13.1 Å². The molecule has 3 unspecified atom stereocenters. The second-order valence-electron chi connectivity index (χ2n) is 3.68. The molecular formula is C8H17NO3S. The van der Waals surface area contributed by atoms with Crippen LogP contribution < -0.4 is 0 Å². The zero-order valence-electron chi connectivity index (χ0n) is 8.01. The van der Waals surface area contributed by atoms with Crippen molar-refractivity contribution in [2.45, 2.75) is 25.2 Å². The van der Waals surface area contributed by atoms with Crippen molar-refractivity contribution in [3.63, 3.8) is 0 Å². The Labute approximate surface area is 81.1 Å². The first kappa shape index (κ1) is 11.1. The summed E-state index contributed by atoms with van der Waals surface area (Å²) in [5.41, 5.74) is 0. The average Bonchev–Trinajstić information content (AvgIpc) is 2.45. The van der Waals surface area contributed by atoms with E-state index in [1.165, 1.54) is 0 Å². The molecule has 5 heteroatoms. The zero-order chi connectivity index (χ0) is 10.0. The maximum Gasteiger partial charge on any atom is 0.0969 e. The van der Waals surface area contributed by atoms with Gasteiger partial charge in [-0.2, -0.15) is 0 Å². The minimum absolute atomic E-state index is 0.0348. The highest BCUT2D eigenvalue weighted by Crippen LogP contribution is 2.19. The molecule has 1 rings (SSSR count). The lowest BCUT2D eigenvalue weighted by Crippen LogP contribution is -2.29. The second kappa shape index (κ2) is 4.50. The van der Waals surface area contributed by atoms with E-state index in [9.17, 15) is 9.32 Å². The highest BCUT2D eigenvalue weighted by molar-refractivity contribution is 7.83. The maximum atomic E-state index is 11.6. The molecule has 0 aromatic rings.